The molecule has 1 aliphatic heterocycles. The first-order valence-corrected chi connectivity index (χ1v) is 14.7. The summed E-state index contributed by atoms with van der Waals surface area (Å²) in [6, 6.07) is 8.90. The van der Waals surface area contributed by atoms with E-state index >= 15 is 0 Å². The van der Waals surface area contributed by atoms with Crippen LogP contribution < -0.4 is 4.74 Å². The summed E-state index contributed by atoms with van der Waals surface area (Å²) in [6.07, 6.45) is 0.785. The van der Waals surface area contributed by atoms with Gasteiger partial charge >= 0.3 is 11.9 Å². The molecule has 2 aromatic carbocycles. The molecular formula is C27H21Br2Cl2NO7. The fraction of sp³-hybridized carbons (Fsp3) is 0.370. The van der Waals surface area contributed by atoms with Crippen molar-refractivity contribution in [3.63, 3.8) is 0 Å². The molecular weight excluding hydrogens is 681 g/mol. The molecule has 0 radical (unpaired) electrons. The van der Waals surface area contributed by atoms with Crippen LogP contribution in [-0.4, -0.2) is 56.7 Å². The zero-order valence-corrected chi connectivity index (χ0v) is 25.0. The molecule has 5 rings (SSSR count). The molecule has 0 aromatic heterocycles. The summed E-state index contributed by atoms with van der Waals surface area (Å²) >= 11 is 19.1. The minimum atomic E-state index is -1.14. The molecule has 3 fully saturated rings. The monoisotopic (exact) mass is 699 g/mol. The van der Waals surface area contributed by atoms with Crippen LogP contribution >= 0.6 is 55.1 Å². The number of amides is 2. The lowest BCUT2D eigenvalue weighted by atomic mass is 9.81. The highest BCUT2D eigenvalue weighted by atomic mass is 79.9. The van der Waals surface area contributed by atoms with E-state index in [2.05, 4.69) is 31.9 Å². The topological polar surface area (TPSA) is 107 Å². The average molecular weight is 702 g/mol. The third-order valence-corrected chi connectivity index (χ3v) is 11.6. The SMILES string of the molecule is CC(C(=O)OCC(=O)c1ccc(OC(=O)c2ccc(Cl)c(Cl)c2)cc1)N1C(=O)C2C3CC(C(Br)C3Br)C2C1=O. The lowest BCUT2D eigenvalue weighted by molar-refractivity contribution is -0.157. The third kappa shape index (κ3) is 5.05. The maximum absolute atomic E-state index is 13.1. The quantitative estimate of drug-likeness (QED) is 0.130. The van der Waals surface area contributed by atoms with E-state index in [4.69, 9.17) is 32.7 Å². The van der Waals surface area contributed by atoms with E-state index in [-0.39, 0.29) is 55.2 Å². The Morgan fingerprint density at radius 1 is 0.923 bits per heavy atom. The highest BCUT2D eigenvalue weighted by Gasteiger charge is 2.67. The van der Waals surface area contributed by atoms with Gasteiger partial charge in [-0.15, -0.1) is 0 Å². The summed E-state index contributed by atoms with van der Waals surface area (Å²) < 4.78 is 10.5. The summed E-state index contributed by atoms with van der Waals surface area (Å²) in [6.45, 7) is 0.854. The first kappa shape index (κ1) is 28.3. The Labute approximate surface area is 250 Å². The molecule has 2 bridgehead atoms. The molecule has 2 amide bonds. The number of fused-ring (bicyclic) bond motifs is 5. The highest BCUT2D eigenvalue weighted by molar-refractivity contribution is 9.12. The Morgan fingerprint density at radius 2 is 1.49 bits per heavy atom. The Bertz CT molecular complexity index is 1350. The van der Waals surface area contributed by atoms with Crippen molar-refractivity contribution in [3.05, 3.63) is 63.6 Å². The molecule has 7 atom stereocenters. The van der Waals surface area contributed by atoms with Crippen LogP contribution in [0.25, 0.3) is 0 Å². The fourth-order valence-corrected chi connectivity index (χ4v) is 7.87. The number of hydrogen-bond acceptors (Lipinski definition) is 7. The summed E-state index contributed by atoms with van der Waals surface area (Å²) in [4.78, 5) is 65.1. The van der Waals surface area contributed by atoms with Gasteiger partial charge in [0.25, 0.3) is 0 Å². The molecule has 3 aliphatic rings. The second-order valence-electron chi connectivity index (χ2n) is 9.80. The number of alkyl halides is 2. The molecule has 204 valence electrons. The van der Waals surface area contributed by atoms with Crippen LogP contribution in [0.3, 0.4) is 0 Å². The summed E-state index contributed by atoms with van der Waals surface area (Å²) in [5, 5.41) is 0.518. The van der Waals surface area contributed by atoms with E-state index in [0.29, 0.717) is 5.02 Å². The Kier molecular flexibility index (Phi) is 7.94. The van der Waals surface area contributed by atoms with Gasteiger partial charge in [-0.3, -0.25) is 19.3 Å². The maximum atomic E-state index is 13.1. The summed E-state index contributed by atoms with van der Waals surface area (Å²) in [5.74, 6) is -3.35. The number of benzene rings is 2. The molecule has 8 nitrogen and oxygen atoms in total. The number of Topliss-reactive ketones (excluding diaryl/α,β-unsaturated/α-hetero) is 1. The van der Waals surface area contributed by atoms with Crippen LogP contribution in [0.4, 0.5) is 0 Å². The lowest BCUT2D eigenvalue weighted by Crippen LogP contribution is -2.45. The van der Waals surface area contributed by atoms with E-state index in [1.54, 1.807) is 0 Å². The maximum Gasteiger partial charge on any atom is 0.343 e. The fourth-order valence-electron chi connectivity index (χ4n) is 5.70. The largest absolute Gasteiger partial charge is 0.456 e. The molecule has 0 spiro atoms. The van der Waals surface area contributed by atoms with Crippen molar-refractivity contribution in [1.82, 2.24) is 4.90 Å². The molecule has 0 N–H and O–H groups in total. The van der Waals surface area contributed by atoms with Gasteiger partial charge in [0.1, 0.15) is 11.8 Å². The molecule has 1 heterocycles. The van der Waals surface area contributed by atoms with Crippen molar-refractivity contribution in [2.75, 3.05) is 6.61 Å². The number of carbonyl (C=O) groups excluding carboxylic acids is 5. The number of ether oxygens (including phenoxy) is 2. The van der Waals surface area contributed by atoms with Gasteiger partial charge < -0.3 is 9.47 Å². The third-order valence-electron chi connectivity index (χ3n) is 7.64. The predicted octanol–water partition coefficient (Wildman–Crippen LogP) is 5.10. The molecule has 1 saturated heterocycles. The van der Waals surface area contributed by atoms with Crippen molar-refractivity contribution in [2.45, 2.75) is 29.0 Å². The zero-order valence-electron chi connectivity index (χ0n) is 20.3. The molecule has 2 saturated carbocycles. The van der Waals surface area contributed by atoms with E-state index in [1.807, 2.05) is 0 Å². The van der Waals surface area contributed by atoms with Gasteiger partial charge in [-0.2, -0.15) is 0 Å². The average Bonchev–Trinajstić information content (AvgIpc) is 3.53. The van der Waals surface area contributed by atoms with Gasteiger partial charge in [0.05, 0.1) is 27.4 Å². The predicted molar refractivity (Wildman–Crippen MR) is 148 cm³/mol. The number of imide groups is 1. The van der Waals surface area contributed by atoms with Crippen molar-refractivity contribution >= 4 is 84.6 Å². The van der Waals surface area contributed by atoms with Crippen LogP contribution in [-0.2, 0) is 19.1 Å². The number of carbonyl (C=O) groups is 5. The Hall–Kier alpha value is -2.27. The van der Waals surface area contributed by atoms with Crippen molar-refractivity contribution in [2.24, 2.45) is 23.7 Å². The van der Waals surface area contributed by atoms with Crippen LogP contribution in [0.1, 0.15) is 34.1 Å². The van der Waals surface area contributed by atoms with Gasteiger partial charge in [-0.25, -0.2) is 9.59 Å². The summed E-state index contributed by atoms with van der Waals surface area (Å²) in [7, 11) is 0. The van der Waals surface area contributed by atoms with Crippen LogP contribution in [0.5, 0.6) is 5.75 Å². The minimum Gasteiger partial charge on any atom is -0.456 e. The molecule has 2 aliphatic carbocycles. The number of esters is 2. The van der Waals surface area contributed by atoms with Gasteiger partial charge in [0.2, 0.25) is 11.8 Å². The standard InChI is InChI=1S/C27H21Br2Cl2NO7/c1-11(32-24(34)20-15-9-16(21(20)25(32)35)23(29)22(15)28)26(36)38-10-19(33)12-2-5-14(6-3-12)39-27(37)13-4-7-17(30)18(31)8-13/h2-8,11,15-16,20-23H,9-10H2,1H3. The van der Waals surface area contributed by atoms with Crippen LogP contribution in [0.15, 0.2) is 42.5 Å². The van der Waals surface area contributed by atoms with E-state index in [0.717, 1.165) is 11.3 Å². The van der Waals surface area contributed by atoms with E-state index in [9.17, 15) is 24.0 Å². The zero-order chi connectivity index (χ0) is 28.2. The van der Waals surface area contributed by atoms with Crippen LogP contribution in [0, 0.1) is 23.7 Å². The molecule has 12 heteroatoms. The molecule has 7 unspecified atom stereocenters. The van der Waals surface area contributed by atoms with Crippen LogP contribution in [0.2, 0.25) is 10.0 Å². The number of ketones is 1. The van der Waals surface area contributed by atoms with Gasteiger partial charge in [0, 0.05) is 15.2 Å². The normalized spacial score (nSPS) is 27.9. The minimum absolute atomic E-state index is 0.0295. The van der Waals surface area contributed by atoms with Gasteiger partial charge in [0.15, 0.2) is 12.4 Å². The smallest absolute Gasteiger partial charge is 0.343 e. The molecule has 39 heavy (non-hydrogen) atoms. The van der Waals surface area contributed by atoms with E-state index < -0.39 is 42.2 Å². The number of hydrogen-bond donors (Lipinski definition) is 0. The van der Waals surface area contributed by atoms with Crippen molar-refractivity contribution < 1.29 is 33.4 Å². The second kappa shape index (κ2) is 11.0. The number of rotatable bonds is 7. The lowest BCUT2D eigenvalue weighted by Gasteiger charge is -2.28. The van der Waals surface area contributed by atoms with Gasteiger partial charge in [-0.05, 0) is 67.6 Å². The first-order chi connectivity index (χ1) is 18.5. The first-order valence-electron chi connectivity index (χ1n) is 12.1. The number of likely N-dealkylation sites (tertiary alicyclic amines) is 1. The van der Waals surface area contributed by atoms with Gasteiger partial charge in [-0.1, -0.05) is 55.1 Å². The van der Waals surface area contributed by atoms with Crippen molar-refractivity contribution in [3.8, 4) is 5.75 Å². The second-order valence-corrected chi connectivity index (χ2v) is 12.7. The number of halogens is 4. The highest BCUT2D eigenvalue weighted by Crippen LogP contribution is 2.60. The van der Waals surface area contributed by atoms with Crippen molar-refractivity contribution in [1.29, 1.82) is 0 Å². The Balaban J connectivity index is 1.16. The van der Waals surface area contributed by atoms with E-state index in [1.165, 1.54) is 49.4 Å². The summed E-state index contributed by atoms with van der Waals surface area (Å²) in [5.41, 5.74) is 0.423. The molecule has 2 aromatic rings. The number of nitrogens with zero attached hydrogens (tertiary/aromatic N) is 1. The Morgan fingerprint density at radius 3 is 2.05 bits per heavy atom.